The minimum atomic E-state index is 0.361. The molecule has 3 unspecified atom stereocenters. The van der Waals surface area contributed by atoms with Crippen LogP contribution in [0.2, 0.25) is 0 Å². The molecule has 0 spiro atoms. The summed E-state index contributed by atoms with van der Waals surface area (Å²) in [6, 6.07) is 1.51. The van der Waals surface area contributed by atoms with Gasteiger partial charge < -0.3 is 10.1 Å². The summed E-state index contributed by atoms with van der Waals surface area (Å²) < 4.78 is 5.81. The second-order valence-corrected chi connectivity index (χ2v) is 6.48. The van der Waals surface area contributed by atoms with Crippen LogP contribution in [0.1, 0.15) is 40.0 Å². The maximum atomic E-state index is 5.81. The molecule has 0 aromatic carbocycles. The molecule has 2 saturated carbocycles. The molecule has 0 aromatic heterocycles. The van der Waals surface area contributed by atoms with Crippen molar-refractivity contribution in [3.8, 4) is 0 Å². The Labute approximate surface area is 92.8 Å². The lowest BCUT2D eigenvalue weighted by atomic mass is 9.57. The largest absolute Gasteiger partial charge is 0.377 e. The summed E-state index contributed by atoms with van der Waals surface area (Å²) >= 11 is 0. The van der Waals surface area contributed by atoms with Gasteiger partial charge >= 0.3 is 0 Å². The fourth-order valence-electron chi connectivity index (χ4n) is 3.95. The van der Waals surface area contributed by atoms with E-state index >= 15 is 0 Å². The normalized spacial score (nSPS) is 51.8. The smallest absolute Gasteiger partial charge is 0.0685 e. The quantitative estimate of drug-likeness (QED) is 0.752. The van der Waals surface area contributed by atoms with E-state index in [2.05, 4.69) is 26.1 Å². The molecule has 3 atom stereocenters. The van der Waals surface area contributed by atoms with Crippen molar-refractivity contribution in [2.75, 3.05) is 6.61 Å². The van der Waals surface area contributed by atoms with Gasteiger partial charge in [-0.15, -0.1) is 0 Å². The molecular weight excluding hydrogens is 186 g/mol. The summed E-state index contributed by atoms with van der Waals surface area (Å²) in [5, 5.41) is 3.86. The second-order valence-electron chi connectivity index (χ2n) is 6.48. The van der Waals surface area contributed by atoms with Crippen molar-refractivity contribution in [2.24, 2.45) is 17.3 Å². The van der Waals surface area contributed by atoms with E-state index in [0.717, 1.165) is 24.5 Å². The highest BCUT2D eigenvalue weighted by molar-refractivity contribution is 5.12. The fourth-order valence-corrected chi connectivity index (χ4v) is 3.95. The van der Waals surface area contributed by atoms with Crippen LogP contribution in [0.5, 0.6) is 0 Å². The topological polar surface area (TPSA) is 21.3 Å². The minimum absolute atomic E-state index is 0.361. The predicted octanol–water partition coefficient (Wildman–Crippen LogP) is 2.19. The first-order valence-electron chi connectivity index (χ1n) is 6.46. The summed E-state index contributed by atoms with van der Waals surface area (Å²) in [5.41, 5.74) is 0.361. The standard InChI is InChI=1S/C13H23NO/c1-8-6-9(7-8)14-11-10-4-5-15-12(10)13(11,2)3/h8-12,14H,4-7H2,1-3H3. The van der Waals surface area contributed by atoms with Crippen LogP contribution in [0, 0.1) is 17.3 Å². The molecule has 0 aromatic rings. The molecule has 0 amide bonds. The average molecular weight is 209 g/mol. The first-order valence-corrected chi connectivity index (χ1v) is 6.46. The van der Waals surface area contributed by atoms with Crippen molar-refractivity contribution >= 4 is 0 Å². The van der Waals surface area contributed by atoms with E-state index in [-0.39, 0.29) is 0 Å². The van der Waals surface area contributed by atoms with Crippen molar-refractivity contribution in [1.29, 1.82) is 0 Å². The molecule has 1 heterocycles. The fraction of sp³-hybridized carbons (Fsp3) is 1.00. The van der Waals surface area contributed by atoms with Gasteiger partial charge in [0.2, 0.25) is 0 Å². The van der Waals surface area contributed by atoms with Crippen molar-refractivity contribution in [3.05, 3.63) is 0 Å². The Morgan fingerprint density at radius 1 is 1.27 bits per heavy atom. The Balaban J connectivity index is 1.61. The number of nitrogens with one attached hydrogen (secondary N) is 1. The molecule has 0 radical (unpaired) electrons. The van der Waals surface area contributed by atoms with Crippen LogP contribution in [-0.4, -0.2) is 24.8 Å². The number of fused-ring (bicyclic) bond motifs is 1. The van der Waals surface area contributed by atoms with Gasteiger partial charge in [0.15, 0.2) is 0 Å². The Bertz CT molecular complexity index is 257. The number of hydrogen-bond acceptors (Lipinski definition) is 2. The molecule has 3 rings (SSSR count). The van der Waals surface area contributed by atoms with Gasteiger partial charge in [-0.25, -0.2) is 0 Å². The lowest BCUT2D eigenvalue weighted by molar-refractivity contribution is -0.119. The zero-order valence-electron chi connectivity index (χ0n) is 10.1. The monoisotopic (exact) mass is 209 g/mol. The predicted molar refractivity (Wildman–Crippen MR) is 60.7 cm³/mol. The average Bonchev–Trinajstić information content (AvgIpc) is 2.56. The maximum Gasteiger partial charge on any atom is 0.0685 e. The van der Waals surface area contributed by atoms with Crippen molar-refractivity contribution in [2.45, 2.75) is 58.2 Å². The molecular formula is C13H23NO. The molecule has 1 aliphatic heterocycles. The van der Waals surface area contributed by atoms with E-state index in [1.165, 1.54) is 19.3 Å². The van der Waals surface area contributed by atoms with Gasteiger partial charge in [-0.1, -0.05) is 20.8 Å². The molecule has 3 aliphatic rings. The van der Waals surface area contributed by atoms with Gasteiger partial charge in [-0.2, -0.15) is 0 Å². The van der Waals surface area contributed by atoms with E-state index in [1.54, 1.807) is 0 Å². The van der Waals surface area contributed by atoms with Crippen molar-refractivity contribution in [3.63, 3.8) is 0 Å². The first kappa shape index (κ1) is 10.1. The van der Waals surface area contributed by atoms with Crippen LogP contribution in [0.15, 0.2) is 0 Å². The maximum absolute atomic E-state index is 5.81. The van der Waals surface area contributed by atoms with Crippen LogP contribution in [0.25, 0.3) is 0 Å². The van der Waals surface area contributed by atoms with Crippen LogP contribution in [-0.2, 0) is 4.74 Å². The number of rotatable bonds is 2. The van der Waals surface area contributed by atoms with Gasteiger partial charge in [0.1, 0.15) is 0 Å². The van der Waals surface area contributed by atoms with E-state index in [4.69, 9.17) is 4.74 Å². The van der Waals surface area contributed by atoms with E-state index in [9.17, 15) is 0 Å². The van der Waals surface area contributed by atoms with Gasteiger partial charge in [0, 0.05) is 30.0 Å². The van der Waals surface area contributed by atoms with Gasteiger partial charge in [-0.05, 0) is 25.2 Å². The highest BCUT2D eigenvalue weighted by Crippen LogP contribution is 2.52. The van der Waals surface area contributed by atoms with Crippen molar-refractivity contribution < 1.29 is 4.74 Å². The van der Waals surface area contributed by atoms with E-state index in [1.807, 2.05) is 0 Å². The Hall–Kier alpha value is -0.0800. The van der Waals surface area contributed by atoms with E-state index in [0.29, 0.717) is 17.6 Å². The summed E-state index contributed by atoms with van der Waals surface area (Å²) in [4.78, 5) is 0. The SMILES string of the molecule is CC1CC(NC2C3CCOC3C2(C)C)C1. The third kappa shape index (κ3) is 1.38. The zero-order chi connectivity index (χ0) is 10.6. The van der Waals surface area contributed by atoms with Crippen LogP contribution < -0.4 is 5.32 Å². The Morgan fingerprint density at radius 2 is 2.00 bits per heavy atom. The van der Waals surface area contributed by atoms with Crippen LogP contribution in [0.4, 0.5) is 0 Å². The first-order chi connectivity index (χ1) is 7.09. The lowest BCUT2D eigenvalue weighted by Gasteiger charge is -2.57. The zero-order valence-corrected chi connectivity index (χ0v) is 10.1. The third-order valence-corrected chi connectivity index (χ3v) is 4.89. The molecule has 3 fully saturated rings. The molecule has 1 saturated heterocycles. The summed E-state index contributed by atoms with van der Waals surface area (Å²) in [6.07, 6.45) is 4.57. The number of hydrogen-bond donors (Lipinski definition) is 1. The van der Waals surface area contributed by atoms with Gasteiger partial charge in [-0.3, -0.25) is 0 Å². The lowest BCUT2D eigenvalue weighted by Crippen LogP contribution is -2.68. The molecule has 2 nitrogen and oxygen atoms in total. The minimum Gasteiger partial charge on any atom is -0.377 e. The van der Waals surface area contributed by atoms with Crippen LogP contribution >= 0.6 is 0 Å². The van der Waals surface area contributed by atoms with Crippen molar-refractivity contribution in [1.82, 2.24) is 5.32 Å². The second kappa shape index (κ2) is 3.21. The highest BCUT2D eigenvalue weighted by atomic mass is 16.5. The molecule has 2 heteroatoms. The summed E-state index contributed by atoms with van der Waals surface area (Å²) in [7, 11) is 0. The molecule has 86 valence electrons. The molecule has 2 aliphatic carbocycles. The molecule has 1 N–H and O–H groups in total. The molecule has 15 heavy (non-hydrogen) atoms. The Kier molecular flexibility index (Phi) is 2.16. The van der Waals surface area contributed by atoms with Crippen LogP contribution in [0.3, 0.4) is 0 Å². The highest BCUT2D eigenvalue weighted by Gasteiger charge is 2.59. The van der Waals surface area contributed by atoms with Gasteiger partial charge in [0.25, 0.3) is 0 Å². The third-order valence-electron chi connectivity index (χ3n) is 4.89. The summed E-state index contributed by atoms with van der Waals surface area (Å²) in [6.45, 7) is 8.06. The molecule has 0 bridgehead atoms. The number of ether oxygens (including phenoxy) is 1. The summed E-state index contributed by atoms with van der Waals surface area (Å²) in [5.74, 6) is 1.75. The van der Waals surface area contributed by atoms with E-state index < -0.39 is 0 Å². The van der Waals surface area contributed by atoms with Gasteiger partial charge in [0.05, 0.1) is 6.10 Å². The Morgan fingerprint density at radius 3 is 2.67 bits per heavy atom.